The van der Waals surface area contributed by atoms with Crippen LogP contribution in [0.25, 0.3) is 0 Å². The number of rotatable bonds is 11. The molecule has 0 spiro atoms. The number of aliphatic hydroxyl groups excluding tert-OH is 1. The Kier molecular flexibility index (Phi) is 9.42. The second-order valence-corrected chi connectivity index (χ2v) is 9.69. The topological polar surface area (TPSA) is 146 Å². The van der Waals surface area contributed by atoms with Crippen molar-refractivity contribution in [3.05, 3.63) is 59.1 Å². The molecule has 2 atom stereocenters. The molecule has 2 aromatic rings. The number of aliphatic hydroxyl groups is 1. The highest BCUT2D eigenvalue weighted by atomic mass is 35.5. The van der Waals surface area contributed by atoms with Crippen LogP contribution in [0.15, 0.2) is 48.5 Å². The third-order valence-corrected chi connectivity index (χ3v) is 5.78. The number of esters is 2. The van der Waals surface area contributed by atoms with Crippen molar-refractivity contribution in [1.82, 2.24) is 0 Å². The molecule has 0 aliphatic carbocycles. The molecular formula is C22H25ClO10S. The molecule has 2 unspecified atom stereocenters. The molecule has 0 amide bonds. The number of hydrogen-bond acceptors (Lipinski definition) is 9. The Labute approximate surface area is 202 Å². The summed E-state index contributed by atoms with van der Waals surface area (Å²) in [7, 11) is -4.90. The Bertz CT molecular complexity index is 1100. The maximum Gasteiger partial charge on any atom is 0.349 e. The lowest BCUT2D eigenvalue weighted by molar-refractivity contribution is -0.163. The van der Waals surface area contributed by atoms with Crippen LogP contribution < -0.4 is 9.47 Å². The average molecular weight is 517 g/mol. The second kappa shape index (κ2) is 11.6. The summed E-state index contributed by atoms with van der Waals surface area (Å²) >= 11 is 5.81. The maximum atomic E-state index is 12.5. The van der Waals surface area contributed by atoms with Crippen LogP contribution in [0.5, 0.6) is 11.5 Å². The first-order valence-corrected chi connectivity index (χ1v) is 11.8. The van der Waals surface area contributed by atoms with Crippen molar-refractivity contribution in [2.24, 2.45) is 0 Å². The summed E-state index contributed by atoms with van der Waals surface area (Å²) in [5.41, 5.74) is -1.20. The van der Waals surface area contributed by atoms with Crippen molar-refractivity contribution in [3.63, 3.8) is 0 Å². The van der Waals surface area contributed by atoms with E-state index in [0.717, 1.165) is 0 Å². The highest BCUT2D eigenvalue weighted by Gasteiger charge is 2.37. The number of hydrogen-bond donors (Lipinski definition) is 2. The van der Waals surface area contributed by atoms with E-state index in [0.29, 0.717) is 16.3 Å². The number of carbonyl (C=O) groups excluding carboxylic acids is 2. The Morgan fingerprint density at radius 3 is 2.29 bits per heavy atom. The molecule has 12 heteroatoms. The minimum absolute atomic E-state index is 0.151. The normalized spacial score (nSPS) is 13.6. The maximum absolute atomic E-state index is 12.5. The first kappa shape index (κ1) is 27.5. The molecule has 2 rings (SSSR count). The van der Waals surface area contributed by atoms with Crippen molar-refractivity contribution in [2.75, 3.05) is 6.61 Å². The van der Waals surface area contributed by atoms with Gasteiger partial charge in [0.15, 0.2) is 17.1 Å². The lowest BCUT2D eigenvalue weighted by Gasteiger charge is -2.26. The number of carbonyl (C=O) groups is 2. The van der Waals surface area contributed by atoms with E-state index in [1.165, 1.54) is 45.0 Å². The van der Waals surface area contributed by atoms with E-state index in [9.17, 15) is 27.7 Å². The van der Waals surface area contributed by atoms with Gasteiger partial charge in [0.2, 0.25) is 0 Å². The summed E-state index contributed by atoms with van der Waals surface area (Å²) in [4.78, 5) is 23.7. The zero-order chi connectivity index (χ0) is 25.5. The summed E-state index contributed by atoms with van der Waals surface area (Å²) < 4.78 is 53.9. The van der Waals surface area contributed by atoms with Crippen molar-refractivity contribution in [2.45, 2.75) is 44.5 Å². The lowest BCUT2D eigenvalue weighted by atomic mass is 10.1. The predicted molar refractivity (Wildman–Crippen MR) is 121 cm³/mol. The average Bonchev–Trinajstić information content (AvgIpc) is 2.73. The van der Waals surface area contributed by atoms with E-state index < -0.39 is 45.8 Å². The standard InChI is InChI=1S/C22H25ClO10S/c1-14(24)32-18-7-5-4-6-15(18)12-30-20(25)19(34(27,28)29)13-31-21(26)22(2,3)33-17-10-8-16(23)9-11-17/h4-11,19-20,25H,12-13H2,1-3H3,(H,27,28,29). The first-order chi connectivity index (χ1) is 15.8. The fourth-order valence-electron chi connectivity index (χ4n) is 2.65. The van der Waals surface area contributed by atoms with Gasteiger partial charge in [0.05, 0.1) is 6.61 Å². The van der Waals surface area contributed by atoms with Crippen molar-refractivity contribution in [3.8, 4) is 11.5 Å². The zero-order valence-electron chi connectivity index (χ0n) is 18.6. The minimum Gasteiger partial charge on any atom is -0.476 e. The molecular weight excluding hydrogens is 492 g/mol. The van der Waals surface area contributed by atoms with Gasteiger partial charge in [-0.1, -0.05) is 29.8 Å². The number of para-hydroxylation sites is 1. The van der Waals surface area contributed by atoms with Crippen LogP contribution >= 0.6 is 11.6 Å². The molecule has 0 aromatic heterocycles. The van der Waals surface area contributed by atoms with Crippen LogP contribution in [0.4, 0.5) is 0 Å². The summed E-state index contributed by atoms with van der Waals surface area (Å²) in [6, 6.07) is 12.4. The van der Waals surface area contributed by atoms with Gasteiger partial charge in [-0.15, -0.1) is 0 Å². The highest BCUT2D eigenvalue weighted by molar-refractivity contribution is 7.86. The van der Waals surface area contributed by atoms with Crippen LogP contribution in [0, 0.1) is 0 Å². The predicted octanol–water partition coefficient (Wildman–Crippen LogP) is 2.76. The molecule has 2 N–H and O–H groups in total. The first-order valence-electron chi connectivity index (χ1n) is 9.93. The molecule has 2 aromatic carbocycles. The van der Waals surface area contributed by atoms with Gasteiger partial charge in [-0.3, -0.25) is 9.35 Å². The van der Waals surface area contributed by atoms with E-state index in [4.69, 9.17) is 30.5 Å². The Hall–Kier alpha value is -2.70. The van der Waals surface area contributed by atoms with E-state index in [2.05, 4.69) is 0 Å². The second-order valence-electron chi connectivity index (χ2n) is 7.62. The van der Waals surface area contributed by atoms with Crippen LogP contribution in [-0.4, -0.2) is 53.8 Å². The lowest BCUT2D eigenvalue weighted by Crippen LogP contribution is -2.44. The van der Waals surface area contributed by atoms with Gasteiger partial charge >= 0.3 is 11.9 Å². The molecule has 0 saturated carbocycles. The molecule has 0 heterocycles. The van der Waals surface area contributed by atoms with Crippen molar-refractivity contribution >= 4 is 33.7 Å². The third kappa shape index (κ3) is 8.26. The van der Waals surface area contributed by atoms with E-state index in [1.54, 1.807) is 24.3 Å². The molecule has 0 fully saturated rings. The van der Waals surface area contributed by atoms with Gasteiger partial charge in [-0.2, -0.15) is 8.42 Å². The molecule has 186 valence electrons. The summed E-state index contributed by atoms with van der Waals surface area (Å²) in [5, 5.41) is 8.71. The van der Waals surface area contributed by atoms with E-state index in [1.807, 2.05) is 0 Å². The highest BCUT2D eigenvalue weighted by Crippen LogP contribution is 2.23. The van der Waals surface area contributed by atoms with Gasteiger partial charge in [0.1, 0.15) is 18.1 Å². The quantitative estimate of drug-likeness (QED) is 0.198. The molecule has 10 nitrogen and oxygen atoms in total. The molecule has 34 heavy (non-hydrogen) atoms. The molecule has 0 aliphatic rings. The zero-order valence-corrected chi connectivity index (χ0v) is 20.2. The molecule has 0 saturated heterocycles. The van der Waals surface area contributed by atoms with Crippen LogP contribution in [0.2, 0.25) is 5.02 Å². The smallest absolute Gasteiger partial charge is 0.349 e. The summed E-state index contributed by atoms with van der Waals surface area (Å²) in [5.74, 6) is -1.08. The van der Waals surface area contributed by atoms with Crippen molar-refractivity contribution < 1.29 is 46.6 Å². The van der Waals surface area contributed by atoms with Gasteiger partial charge in [0.25, 0.3) is 10.1 Å². The van der Waals surface area contributed by atoms with E-state index in [-0.39, 0.29) is 12.4 Å². The Morgan fingerprint density at radius 1 is 1.09 bits per heavy atom. The van der Waals surface area contributed by atoms with Crippen LogP contribution in [0.3, 0.4) is 0 Å². The van der Waals surface area contributed by atoms with Crippen LogP contribution in [-0.2, 0) is 35.8 Å². The fraction of sp³-hybridized carbons (Fsp3) is 0.364. The Morgan fingerprint density at radius 2 is 1.71 bits per heavy atom. The Balaban J connectivity index is 2.03. The van der Waals surface area contributed by atoms with Crippen LogP contribution in [0.1, 0.15) is 26.3 Å². The number of halogens is 1. The number of benzene rings is 2. The fourth-order valence-corrected chi connectivity index (χ4v) is 3.38. The molecule has 0 aliphatic heterocycles. The summed E-state index contributed by atoms with van der Waals surface area (Å²) in [6.45, 7) is 2.71. The number of ether oxygens (including phenoxy) is 4. The van der Waals surface area contributed by atoms with Gasteiger partial charge in [-0.05, 0) is 44.2 Å². The molecule has 0 radical (unpaired) electrons. The van der Waals surface area contributed by atoms with Crippen molar-refractivity contribution in [1.29, 1.82) is 0 Å². The van der Waals surface area contributed by atoms with Gasteiger partial charge in [0, 0.05) is 17.5 Å². The third-order valence-electron chi connectivity index (χ3n) is 4.39. The van der Waals surface area contributed by atoms with Gasteiger partial charge < -0.3 is 24.1 Å². The largest absolute Gasteiger partial charge is 0.476 e. The van der Waals surface area contributed by atoms with E-state index >= 15 is 0 Å². The minimum atomic E-state index is -4.90. The molecule has 0 bridgehead atoms. The van der Waals surface area contributed by atoms with Gasteiger partial charge in [-0.25, -0.2) is 4.79 Å². The SMILES string of the molecule is CC(=O)Oc1ccccc1COC(O)C(COC(=O)C(C)(C)Oc1ccc(Cl)cc1)S(=O)(=O)O. The monoisotopic (exact) mass is 516 g/mol. The summed E-state index contributed by atoms with van der Waals surface area (Å²) in [6.07, 6.45) is -2.08.